The van der Waals surface area contributed by atoms with Crippen LogP contribution in [0, 0.1) is 23.6 Å². The first-order valence-electron chi connectivity index (χ1n) is 14.8. The Morgan fingerprint density at radius 2 is 1.81 bits per heavy atom. The summed E-state index contributed by atoms with van der Waals surface area (Å²) < 4.78 is 61.9. The molecule has 0 radical (unpaired) electrons. The summed E-state index contributed by atoms with van der Waals surface area (Å²) in [5, 5.41) is 9.64. The Bertz CT molecular complexity index is 1320. The molecule has 3 fully saturated rings. The smallest absolute Gasteiger partial charge is 0.379 e. The lowest BCUT2D eigenvalue weighted by molar-refractivity contribution is -0.166. The van der Waals surface area contributed by atoms with Crippen LogP contribution in [0.1, 0.15) is 67.9 Å². The van der Waals surface area contributed by atoms with E-state index in [2.05, 4.69) is 15.7 Å². The van der Waals surface area contributed by atoms with Crippen LogP contribution >= 0.6 is 0 Å². The number of hydrogen-bond acceptors (Lipinski definition) is 5. The van der Waals surface area contributed by atoms with Gasteiger partial charge in [0, 0.05) is 19.3 Å². The average Bonchev–Trinajstić information content (AvgIpc) is 3.88. The molecule has 0 bridgehead atoms. The van der Waals surface area contributed by atoms with Crippen molar-refractivity contribution in [3.8, 4) is 0 Å². The first-order chi connectivity index (χ1) is 20.5. The molecule has 9 nitrogen and oxygen atoms in total. The molecule has 0 spiro atoms. The highest BCUT2D eigenvalue weighted by Gasteiger charge is 2.48. The summed E-state index contributed by atoms with van der Waals surface area (Å²) in [6, 6.07) is 3.75. The molecule has 3 atom stereocenters. The van der Waals surface area contributed by atoms with Crippen LogP contribution in [0.4, 0.5) is 23.2 Å². The fourth-order valence-electron chi connectivity index (χ4n) is 6.07. The number of benzene rings is 1. The fraction of sp³-hybridized carbons (Fsp3) is 0.600. The molecule has 3 aliphatic rings. The van der Waals surface area contributed by atoms with E-state index in [1.54, 1.807) is 6.07 Å². The van der Waals surface area contributed by atoms with Gasteiger partial charge in [-0.2, -0.15) is 18.3 Å². The van der Waals surface area contributed by atoms with Gasteiger partial charge in [-0.15, -0.1) is 0 Å². The third kappa shape index (κ3) is 7.36. The van der Waals surface area contributed by atoms with Crippen molar-refractivity contribution >= 4 is 23.4 Å². The van der Waals surface area contributed by atoms with E-state index in [0.29, 0.717) is 24.1 Å². The van der Waals surface area contributed by atoms with Gasteiger partial charge in [-0.05, 0) is 87.5 Å². The number of carbonyl (C=O) groups is 3. The van der Waals surface area contributed by atoms with Crippen molar-refractivity contribution in [3.05, 3.63) is 47.5 Å². The van der Waals surface area contributed by atoms with E-state index in [-0.39, 0.29) is 36.8 Å². The summed E-state index contributed by atoms with van der Waals surface area (Å²) in [6.07, 6.45) is 1.04. The summed E-state index contributed by atoms with van der Waals surface area (Å²) in [7, 11) is 0. The molecule has 1 aliphatic heterocycles. The molecular formula is C30H37F4N5O4. The van der Waals surface area contributed by atoms with Gasteiger partial charge < -0.3 is 20.3 Å². The Morgan fingerprint density at radius 3 is 2.37 bits per heavy atom. The number of aromatic nitrogens is 2. The lowest BCUT2D eigenvalue weighted by atomic mass is 9.88. The molecule has 1 aromatic carbocycles. The van der Waals surface area contributed by atoms with Crippen molar-refractivity contribution in [2.45, 2.75) is 76.7 Å². The van der Waals surface area contributed by atoms with Crippen LogP contribution in [0.25, 0.3) is 0 Å². The zero-order valence-corrected chi connectivity index (χ0v) is 24.2. The van der Waals surface area contributed by atoms with E-state index in [1.165, 1.54) is 29.9 Å². The lowest BCUT2D eigenvalue weighted by Crippen LogP contribution is -2.50. The van der Waals surface area contributed by atoms with Crippen molar-refractivity contribution in [2.24, 2.45) is 17.8 Å². The molecule has 3 amide bonds. The molecule has 234 valence electrons. The van der Waals surface area contributed by atoms with Gasteiger partial charge in [0.05, 0.1) is 24.3 Å². The van der Waals surface area contributed by atoms with Crippen molar-refractivity contribution in [3.63, 3.8) is 0 Å². The zero-order chi connectivity index (χ0) is 30.9. The highest BCUT2D eigenvalue weighted by atomic mass is 19.4. The number of carbonyl (C=O) groups excluding carboxylic acids is 3. The average molecular weight is 608 g/mol. The number of anilines is 1. The second-order valence-corrected chi connectivity index (χ2v) is 11.8. The van der Waals surface area contributed by atoms with Gasteiger partial charge in [0.2, 0.25) is 11.8 Å². The van der Waals surface area contributed by atoms with Gasteiger partial charge in [0.15, 0.2) is 0 Å². The van der Waals surface area contributed by atoms with Crippen molar-refractivity contribution in [2.75, 3.05) is 25.1 Å². The van der Waals surface area contributed by atoms with E-state index in [0.717, 1.165) is 36.6 Å². The Kier molecular flexibility index (Phi) is 9.10. The van der Waals surface area contributed by atoms with Gasteiger partial charge in [-0.1, -0.05) is 6.07 Å². The third-order valence-electron chi connectivity index (χ3n) is 8.64. The minimum absolute atomic E-state index is 0.00900. The highest BCUT2D eigenvalue weighted by molar-refractivity contribution is 6.01. The number of nitrogens with one attached hydrogen (secondary N) is 2. The maximum absolute atomic E-state index is 15.4. The predicted octanol–water partition coefficient (Wildman–Crippen LogP) is 4.50. The summed E-state index contributed by atoms with van der Waals surface area (Å²) in [5.41, 5.74) is 0.356. The standard InChI is InChI=1S/C30H37F4N5O4/c1-3-39-24(10-12-35-39)27(40)37-26(25(18-4-5-18)19-6-7-19)28(41)36-23-9-8-20(14-22(23)31)17(2)29(42)38(16-30(32,33)34)21-11-13-43-15-21/h8-10,12,14,17-19,21,25-26H,3-7,11,13,15-16H2,1-2H3,(H,36,41)(H,37,40)/t17-,21?,26-/m0/s1. The topological polar surface area (TPSA) is 106 Å². The number of aryl methyl sites for hydroxylation is 1. The monoisotopic (exact) mass is 607 g/mol. The van der Waals surface area contributed by atoms with Gasteiger partial charge in [0.1, 0.15) is 24.1 Å². The largest absolute Gasteiger partial charge is 0.406 e. The molecule has 2 N–H and O–H groups in total. The van der Waals surface area contributed by atoms with Gasteiger partial charge in [-0.3, -0.25) is 19.1 Å². The minimum Gasteiger partial charge on any atom is -0.379 e. The summed E-state index contributed by atoms with van der Waals surface area (Å²) >= 11 is 0. The molecule has 1 saturated heterocycles. The molecule has 1 aromatic heterocycles. The predicted molar refractivity (Wildman–Crippen MR) is 149 cm³/mol. The number of halogens is 4. The molecule has 2 aromatic rings. The minimum atomic E-state index is -4.60. The first kappa shape index (κ1) is 31.0. The molecule has 2 heterocycles. The van der Waals surface area contributed by atoms with Gasteiger partial charge in [0.25, 0.3) is 5.91 Å². The number of amides is 3. The number of ether oxygens (including phenoxy) is 1. The quantitative estimate of drug-likeness (QED) is 0.346. The van der Waals surface area contributed by atoms with Crippen molar-refractivity contribution in [1.29, 1.82) is 0 Å². The SMILES string of the molecule is CCn1nccc1C(=O)N[C@H](C(=O)Nc1ccc([C@H](C)C(=O)N(CC(F)(F)F)C2CCOC2)cc1F)C(C1CC1)C1CC1. The van der Waals surface area contributed by atoms with Crippen LogP contribution < -0.4 is 10.6 Å². The summed E-state index contributed by atoms with van der Waals surface area (Å²) in [4.78, 5) is 40.7. The maximum atomic E-state index is 15.4. The van der Waals surface area contributed by atoms with Crippen molar-refractivity contribution < 1.29 is 36.7 Å². The molecule has 13 heteroatoms. The van der Waals surface area contributed by atoms with Gasteiger partial charge in [-0.25, -0.2) is 4.39 Å². The number of rotatable bonds is 12. The number of nitrogens with zero attached hydrogens (tertiary/aromatic N) is 3. The first-order valence-corrected chi connectivity index (χ1v) is 14.8. The Balaban J connectivity index is 1.32. The Hall–Kier alpha value is -3.48. The summed E-state index contributed by atoms with van der Waals surface area (Å²) in [6.45, 7) is 2.60. The van der Waals surface area contributed by atoms with Crippen LogP contribution in [0.3, 0.4) is 0 Å². The molecule has 5 rings (SSSR count). The number of alkyl halides is 3. The molecule has 2 saturated carbocycles. The highest BCUT2D eigenvalue weighted by Crippen LogP contribution is 2.51. The van der Waals surface area contributed by atoms with Gasteiger partial charge >= 0.3 is 6.18 Å². The molecule has 43 heavy (non-hydrogen) atoms. The van der Waals surface area contributed by atoms with Crippen LogP contribution in [-0.2, 0) is 20.9 Å². The Labute approximate surface area is 247 Å². The van der Waals surface area contributed by atoms with E-state index in [9.17, 15) is 27.6 Å². The summed E-state index contributed by atoms with van der Waals surface area (Å²) in [5.74, 6) is -3.16. The normalized spacial score (nSPS) is 20.1. The molecule has 2 aliphatic carbocycles. The second-order valence-electron chi connectivity index (χ2n) is 11.8. The van der Waals surface area contributed by atoms with Crippen LogP contribution in [0.15, 0.2) is 30.5 Å². The van der Waals surface area contributed by atoms with Crippen LogP contribution in [-0.4, -0.2) is 70.4 Å². The van der Waals surface area contributed by atoms with Crippen LogP contribution in [0.2, 0.25) is 0 Å². The van der Waals surface area contributed by atoms with E-state index in [1.807, 2.05) is 6.92 Å². The van der Waals surface area contributed by atoms with Crippen molar-refractivity contribution in [1.82, 2.24) is 20.0 Å². The third-order valence-corrected chi connectivity index (χ3v) is 8.64. The van der Waals surface area contributed by atoms with E-state index in [4.69, 9.17) is 4.74 Å². The maximum Gasteiger partial charge on any atom is 0.406 e. The second kappa shape index (κ2) is 12.6. The van der Waals surface area contributed by atoms with Crippen LogP contribution in [0.5, 0.6) is 0 Å². The fourth-order valence-corrected chi connectivity index (χ4v) is 6.07. The number of hydrogen-bond donors (Lipinski definition) is 2. The zero-order valence-electron chi connectivity index (χ0n) is 24.2. The Morgan fingerprint density at radius 1 is 1.12 bits per heavy atom. The lowest BCUT2D eigenvalue weighted by Gasteiger charge is -2.31. The molecule has 1 unspecified atom stereocenters. The van der Waals surface area contributed by atoms with E-state index >= 15 is 4.39 Å². The molecular weight excluding hydrogens is 570 g/mol. The van der Waals surface area contributed by atoms with E-state index < -0.39 is 54.3 Å².